The fourth-order valence-electron chi connectivity index (χ4n) is 1.44. The summed E-state index contributed by atoms with van der Waals surface area (Å²) in [5.41, 5.74) is -0.183. The molecule has 0 radical (unpaired) electrons. The molecule has 0 aliphatic rings. The van der Waals surface area contributed by atoms with Gasteiger partial charge in [0, 0.05) is 18.2 Å². The van der Waals surface area contributed by atoms with Crippen molar-refractivity contribution in [3.05, 3.63) is 55.1 Å². The summed E-state index contributed by atoms with van der Waals surface area (Å²) in [4.78, 5) is 14.1. The molecule has 0 unspecified atom stereocenters. The van der Waals surface area contributed by atoms with Crippen molar-refractivity contribution in [3.63, 3.8) is 0 Å². The number of nitrogens with zero attached hydrogens (tertiary/aromatic N) is 3. The van der Waals surface area contributed by atoms with E-state index in [1.54, 1.807) is 0 Å². The number of ether oxygens (including phenoxy) is 1. The van der Waals surface area contributed by atoms with Crippen LogP contribution in [0.3, 0.4) is 0 Å². The Balaban J connectivity index is 2.49. The highest BCUT2D eigenvalue weighted by molar-refractivity contribution is 6.42. The summed E-state index contributed by atoms with van der Waals surface area (Å²) in [5.74, 6) is -0.228. The number of pyridine rings is 1. The van der Waals surface area contributed by atoms with Crippen molar-refractivity contribution < 1.29 is 9.66 Å². The maximum atomic E-state index is 11.0. The highest BCUT2D eigenvalue weighted by Gasteiger charge is 2.20. The molecule has 9 heteroatoms. The lowest BCUT2D eigenvalue weighted by molar-refractivity contribution is -0.385. The molecule has 2 rings (SSSR count). The normalized spacial score (nSPS) is 10.0. The van der Waals surface area contributed by atoms with Crippen molar-refractivity contribution >= 4 is 40.5 Å². The van der Waals surface area contributed by atoms with Gasteiger partial charge in [-0.05, 0) is 6.07 Å². The molecule has 0 fully saturated rings. The van der Waals surface area contributed by atoms with E-state index in [2.05, 4.69) is 4.98 Å². The number of benzene rings is 1. The molecule has 21 heavy (non-hydrogen) atoms. The minimum Gasteiger partial charge on any atom is -0.432 e. The van der Waals surface area contributed by atoms with Crippen LogP contribution in [0.1, 0.15) is 5.56 Å². The first kappa shape index (κ1) is 15.3. The number of hydrogen-bond donors (Lipinski definition) is 0. The average Bonchev–Trinajstić information content (AvgIpc) is 2.41. The van der Waals surface area contributed by atoms with Crippen molar-refractivity contribution in [2.75, 3.05) is 0 Å². The quantitative estimate of drug-likeness (QED) is 0.460. The van der Waals surface area contributed by atoms with E-state index in [0.29, 0.717) is 0 Å². The average molecular weight is 345 g/mol. The lowest BCUT2D eigenvalue weighted by Crippen LogP contribution is -1.96. The molecule has 2 aromatic rings. The summed E-state index contributed by atoms with van der Waals surface area (Å²) < 4.78 is 5.30. The Labute approximate surface area is 133 Å². The van der Waals surface area contributed by atoms with Gasteiger partial charge in [0.2, 0.25) is 11.6 Å². The minimum atomic E-state index is -0.673. The van der Waals surface area contributed by atoms with Crippen LogP contribution in [0.25, 0.3) is 0 Å². The summed E-state index contributed by atoms with van der Waals surface area (Å²) in [7, 11) is 0. The number of nitro benzene ring substituents is 1. The van der Waals surface area contributed by atoms with Crippen molar-refractivity contribution in [1.29, 1.82) is 5.26 Å². The Morgan fingerprint density at radius 2 is 1.86 bits per heavy atom. The molecule has 0 amide bonds. The molecule has 0 spiro atoms. The predicted molar refractivity (Wildman–Crippen MR) is 77.2 cm³/mol. The van der Waals surface area contributed by atoms with Crippen LogP contribution in [0.4, 0.5) is 5.69 Å². The molecule has 0 aliphatic carbocycles. The van der Waals surface area contributed by atoms with Crippen molar-refractivity contribution in [1.82, 2.24) is 4.98 Å². The van der Waals surface area contributed by atoms with Gasteiger partial charge in [-0.2, -0.15) is 5.26 Å². The molecule has 1 aromatic heterocycles. The predicted octanol–water partition coefficient (Wildman–Crippen LogP) is 4.61. The molecular weight excluding hydrogens is 341 g/mol. The van der Waals surface area contributed by atoms with Crippen LogP contribution in [0, 0.1) is 21.4 Å². The smallest absolute Gasteiger partial charge is 0.313 e. The summed E-state index contributed by atoms with van der Waals surface area (Å²) in [6.45, 7) is 0. The first-order valence-corrected chi connectivity index (χ1v) is 6.43. The van der Waals surface area contributed by atoms with E-state index in [0.717, 1.165) is 6.07 Å². The maximum Gasteiger partial charge on any atom is 0.313 e. The van der Waals surface area contributed by atoms with E-state index < -0.39 is 4.92 Å². The Kier molecular flexibility index (Phi) is 4.48. The van der Waals surface area contributed by atoms with Crippen LogP contribution in [-0.2, 0) is 0 Å². The zero-order chi connectivity index (χ0) is 15.6. The third-order valence-electron chi connectivity index (χ3n) is 2.31. The molecular formula is C12H4Cl3N3O3. The molecule has 1 heterocycles. The van der Waals surface area contributed by atoms with E-state index in [-0.39, 0.29) is 38.1 Å². The zero-order valence-electron chi connectivity index (χ0n) is 10.0. The van der Waals surface area contributed by atoms with Crippen LogP contribution >= 0.6 is 34.8 Å². The van der Waals surface area contributed by atoms with Gasteiger partial charge in [0.15, 0.2) is 0 Å². The first-order chi connectivity index (χ1) is 9.90. The van der Waals surface area contributed by atoms with Gasteiger partial charge in [0.05, 0.1) is 26.6 Å². The molecule has 0 N–H and O–H groups in total. The SMILES string of the molecule is N#Cc1cc(Cl)nc(Oc2cc(Cl)c(Cl)cc2[N+](=O)[O-])c1. The summed E-state index contributed by atoms with van der Waals surface area (Å²) in [6, 6.07) is 6.74. The van der Waals surface area contributed by atoms with E-state index in [1.807, 2.05) is 6.07 Å². The highest BCUT2D eigenvalue weighted by Crippen LogP contribution is 2.37. The Hall–Kier alpha value is -2.07. The molecule has 106 valence electrons. The van der Waals surface area contributed by atoms with Crippen LogP contribution in [-0.4, -0.2) is 9.91 Å². The van der Waals surface area contributed by atoms with Gasteiger partial charge in [-0.25, -0.2) is 4.98 Å². The van der Waals surface area contributed by atoms with Crippen LogP contribution in [0.2, 0.25) is 15.2 Å². The number of nitro groups is 1. The van der Waals surface area contributed by atoms with Gasteiger partial charge in [-0.1, -0.05) is 34.8 Å². The second kappa shape index (κ2) is 6.14. The fourth-order valence-corrected chi connectivity index (χ4v) is 1.96. The summed E-state index contributed by atoms with van der Waals surface area (Å²) in [6.07, 6.45) is 0. The maximum absolute atomic E-state index is 11.0. The summed E-state index contributed by atoms with van der Waals surface area (Å²) >= 11 is 17.3. The number of rotatable bonds is 3. The van der Waals surface area contributed by atoms with Crippen LogP contribution in [0.5, 0.6) is 11.6 Å². The lowest BCUT2D eigenvalue weighted by atomic mass is 10.3. The van der Waals surface area contributed by atoms with Gasteiger partial charge in [-0.15, -0.1) is 0 Å². The van der Waals surface area contributed by atoms with Gasteiger partial charge in [0.1, 0.15) is 5.15 Å². The lowest BCUT2D eigenvalue weighted by Gasteiger charge is -2.07. The largest absolute Gasteiger partial charge is 0.432 e. The van der Waals surface area contributed by atoms with Crippen molar-refractivity contribution in [2.24, 2.45) is 0 Å². The third kappa shape index (κ3) is 3.52. The van der Waals surface area contributed by atoms with Gasteiger partial charge >= 0.3 is 5.69 Å². The zero-order valence-corrected chi connectivity index (χ0v) is 12.3. The third-order valence-corrected chi connectivity index (χ3v) is 3.23. The number of hydrogen-bond acceptors (Lipinski definition) is 5. The second-order valence-corrected chi connectivity index (χ2v) is 4.92. The molecule has 6 nitrogen and oxygen atoms in total. The second-order valence-electron chi connectivity index (χ2n) is 3.72. The molecule has 0 aliphatic heterocycles. The summed E-state index contributed by atoms with van der Waals surface area (Å²) in [5, 5.41) is 20.0. The first-order valence-electron chi connectivity index (χ1n) is 5.29. The van der Waals surface area contributed by atoms with E-state index in [4.69, 9.17) is 44.8 Å². The van der Waals surface area contributed by atoms with Crippen LogP contribution < -0.4 is 4.74 Å². The van der Waals surface area contributed by atoms with E-state index in [1.165, 1.54) is 18.2 Å². The number of aromatic nitrogens is 1. The molecule has 0 saturated carbocycles. The molecule has 0 saturated heterocycles. The van der Waals surface area contributed by atoms with Crippen LogP contribution in [0.15, 0.2) is 24.3 Å². The standard InChI is InChI=1S/C12H4Cl3N3O3/c13-7-3-9(18(19)20)10(4-8(7)14)21-12-2-6(5-16)1-11(15)17-12/h1-4H. The molecule has 0 bridgehead atoms. The van der Waals surface area contributed by atoms with Gasteiger partial charge in [0.25, 0.3) is 0 Å². The minimum absolute atomic E-state index is 0.0202. The monoisotopic (exact) mass is 343 g/mol. The molecule has 1 aromatic carbocycles. The van der Waals surface area contributed by atoms with E-state index in [9.17, 15) is 10.1 Å². The topological polar surface area (TPSA) is 89.0 Å². The number of halogens is 3. The van der Waals surface area contributed by atoms with Crippen molar-refractivity contribution in [3.8, 4) is 17.7 Å². The molecule has 0 atom stereocenters. The Bertz CT molecular complexity index is 774. The Morgan fingerprint density at radius 3 is 2.48 bits per heavy atom. The van der Waals surface area contributed by atoms with Gasteiger partial charge in [-0.3, -0.25) is 10.1 Å². The highest BCUT2D eigenvalue weighted by atomic mass is 35.5. The van der Waals surface area contributed by atoms with Crippen molar-refractivity contribution in [2.45, 2.75) is 0 Å². The number of nitriles is 1. The fraction of sp³-hybridized carbons (Fsp3) is 0. The van der Waals surface area contributed by atoms with Gasteiger partial charge < -0.3 is 4.74 Å². The van der Waals surface area contributed by atoms with E-state index >= 15 is 0 Å². The Morgan fingerprint density at radius 1 is 1.19 bits per heavy atom.